The Bertz CT molecular complexity index is 650. The van der Waals surface area contributed by atoms with E-state index < -0.39 is 18.0 Å². The SMILES string of the molecule is Cc1cccc(C(=O)O)c1O[C@H]1CC[C@H]2CN[C@H](C(=O)O)C[C@H]2C1.Cl. The summed E-state index contributed by atoms with van der Waals surface area (Å²) in [6, 6.07) is 4.63. The summed E-state index contributed by atoms with van der Waals surface area (Å²) in [4.78, 5) is 22.6. The van der Waals surface area contributed by atoms with Crippen LogP contribution < -0.4 is 10.1 Å². The Morgan fingerprint density at radius 1 is 1.16 bits per heavy atom. The molecule has 0 aromatic heterocycles. The minimum atomic E-state index is -0.991. The summed E-state index contributed by atoms with van der Waals surface area (Å²) in [5.41, 5.74) is 0.997. The Labute approximate surface area is 153 Å². The Morgan fingerprint density at radius 3 is 2.60 bits per heavy atom. The van der Waals surface area contributed by atoms with Crippen molar-refractivity contribution in [2.24, 2.45) is 11.8 Å². The largest absolute Gasteiger partial charge is 0.489 e. The number of ether oxygens (including phenoxy) is 1. The van der Waals surface area contributed by atoms with E-state index in [0.717, 1.165) is 31.4 Å². The smallest absolute Gasteiger partial charge is 0.339 e. The Balaban J connectivity index is 0.00000225. The van der Waals surface area contributed by atoms with E-state index in [1.807, 2.05) is 13.0 Å². The molecule has 25 heavy (non-hydrogen) atoms. The molecule has 0 radical (unpaired) electrons. The van der Waals surface area contributed by atoms with Gasteiger partial charge in [0.1, 0.15) is 17.4 Å². The lowest BCUT2D eigenvalue weighted by molar-refractivity contribution is -0.141. The van der Waals surface area contributed by atoms with Crippen molar-refractivity contribution in [1.82, 2.24) is 5.32 Å². The van der Waals surface area contributed by atoms with Gasteiger partial charge in [0.05, 0.1) is 6.10 Å². The molecule has 0 bridgehead atoms. The Hall–Kier alpha value is -1.79. The van der Waals surface area contributed by atoms with E-state index >= 15 is 0 Å². The van der Waals surface area contributed by atoms with Crippen molar-refractivity contribution in [1.29, 1.82) is 0 Å². The number of hydrogen-bond donors (Lipinski definition) is 3. The molecular weight excluding hydrogens is 346 g/mol. The maximum atomic E-state index is 11.4. The van der Waals surface area contributed by atoms with Crippen molar-refractivity contribution in [3.8, 4) is 5.75 Å². The normalized spacial score (nSPS) is 28.4. The van der Waals surface area contributed by atoms with Gasteiger partial charge in [0.25, 0.3) is 0 Å². The highest BCUT2D eigenvalue weighted by molar-refractivity contribution is 5.91. The number of halogens is 1. The van der Waals surface area contributed by atoms with Crippen molar-refractivity contribution < 1.29 is 24.5 Å². The van der Waals surface area contributed by atoms with Crippen molar-refractivity contribution in [3.63, 3.8) is 0 Å². The zero-order valence-corrected chi connectivity index (χ0v) is 14.9. The predicted octanol–water partition coefficient (Wildman–Crippen LogP) is 2.73. The van der Waals surface area contributed by atoms with Gasteiger partial charge in [0.2, 0.25) is 0 Å². The summed E-state index contributed by atoms with van der Waals surface area (Å²) >= 11 is 0. The molecule has 1 saturated heterocycles. The molecule has 4 atom stereocenters. The molecule has 1 aliphatic carbocycles. The summed E-state index contributed by atoms with van der Waals surface area (Å²) in [6.45, 7) is 2.58. The van der Waals surface area contributed by atoms with Crippen LogP contribution in [-0.2, 0) is 4.79 Å². The number of carboxylic acids is 2. The zero-order valence-electron chi connectivity index (χ0n) is 14.1. The van der Waals surface area contributed by atoms with Gasteiger partial charge in [-0.15, -0.1) is 12.4 Å². The lowest BCUT2D eigenvalue weighted by atomic mass is 9.72. The average Bonchev–Trinajstić information content (AvgIpc) is 2.55. The van der Waals surface area contributed by atoms with Crippen molar-refractivity contribution in [3.05, 3.63) is 29.3 Å². The summed E-state index contributed by atoms with van der Waals surface area (Å²) in [5.74, 6) is -0.560. The molecule has 1 aliphatic heterocycles. The maximum Gasteiger partial charge on any atom is 0.339 e. The minimum Gasteiger partial charge on any atom is -0.489 e. The molecule has 1 saturated carbocycles. The monoisotopic (exact) mass is 369 g/mol. The number of aryl methyl sites for hydroxylation is 1. The minimum absolute atomic E-state index is 0. The fraction of sp³-hybridized carbons (Fsp3) is 0.556. The fourth-order valence-corrected chi connectivity index (χ4v) is 3.96. The summed E-state index contributed by atoms with van der Waals surface area (Å²) in [5, 5.41) is 21.7. The molecule has 6 nitrogen and oxygen atoms in total. The van der Waals surface area contributed by atoms with Gasteiger partial charge in [0, 0.05) is 0 Å². The summed E-state index contributed by atoms with van der Waals surface area (Å²) < 4.78 is 6.07. The number of carboxylic acid groups (broad SMARTS) is 2. The summed E-state index contributed by atoms with van der Waals surface area (Å²) in [6.07, 6.45) is 3.18. The molecule has 1 heterocycles. The fourth-order valence-electron chi connectivity index (χ4n) is 3.96. The van der Waals surface area contributed by atoms with E-state index in [4.69, 9.17) is 4.74 Å². The lowest BCUT2D eigenvalue weighted by Gasteiger charge is -2.41. The molecule has 3 rings (SSSR count). The molecule has 0 amide bonds. The van der Waals surface area contributed by atoms with Crippen LogP contribution in [0.2, 0.25) is 0 Å². The van der Waals surface area contributed by atoms with E-state index in [1.54, 1.807) is 12.1 Å². The number of para-hydroxylation sites is 1. The van der Waals surface area contributed by atoms with Crippen LogP contribution >= 0.6 is 12.4 Å². The standard InChI is InChI=1S/C18H23NO5.ClH/c1-10-3-2-4-14(17(20)21)16(10)24-13-6-5-11-9-19-15(18(22)23)8-12(11)7-13;/h2-4,11-13,15,19H,5-9H2,1H3,(H,20,21)(H,22,23);1H/t11-,12+,13-,15-;/m0./s1. The van der Waals surface area contributed by atoms with Gasteiger partial charge in [-0.25, -0.2) is 4.79 Å². The number of benzene rings is 1. The van der Waals surface area contributed by atoms with Crippen LogP contribution in [0, 0.1) is 18.8 Å². The summed E-state index contributed by atoms with van der Waals surface area (Å²) in [7, 11) is 0. The van der Waals surface area contributed by atoms with Crippen LogP contribution in [0.15, 0.2) is 18.2 Å². The molecule has 138 valence electrons. The average molecular weight is 370 g/mol. The van der Waals surface area contributed by atoms with Gasteiger partial charge in [-0.3, -0.25) is 4.79 Å². The molecule has 1 aromatic rings. The molecule has 0 unspecified atom stereocenters. The molecule has 2 aliphatic rings. The quantitative estimate of drug-likeness (QED) is 0.755. The van der Waals surface area contributed by atoms with Gasteiger partial charge >= 0.3 is 11.9 Å². The molecule has 0 spiro atoms. The van der Waals surface area contributed by atoms with Crippen LogP contribution in [0.4, 0.5) is 0 Å². The van der Waals surface area contributed by atoms with Gasteiger partial charge in [-0.05, 0) is 62.6 Å². The third-order valence-electron chi connectivity index (χ3n) is 5.28. The molecular formula is C18H24ClNO5. The first-order valence-electron chi connectivity index (χ1n) is 8.41. The Morgan fingerprint density at radius 2 is 1.92 bits per heavy atom. The van der Waals surface area contributed by atoms with E-state index in [1.165, 1.54) is 0 Å². The second-order valence-electron chi connectivity index (χ2n) is 6.86. The van der Waals surface area contributed by atoms with Crippen molar-refractivity contribution >= 4 is 24.3 Å². The highest BCUT2D eigenvalue weighted by Gasteiger charge is 2.38. The van der Waals surface area contributed by atoms with Crippen LogP contribution in [-0.4, -0.2) is 40.8 Å². The van der Waals surface area contributed by atoms with Gasteiger partial charge < -0.3 is 20.3 Å². The van der Waals surface area contributed by atoms with Crippen LogP contribution in [0.25, 0.3) is 0 Å². The number of nitrogens with one attached hydrogen (secondary N) is 1. The van der Waals surface area contributed by atoms with Crippen LogP contribution in [0.3, 0.4) is 0 Å². The van der Waals surface area contributed by atoms with E-state index in [0.29, 0.717) is 24.0 Å². The number of hydrogen-bond acceptors (Lipinski definition) is 4. The number of carbonyl (C=O) groups is 2. The van der Waals surface area contributed by atoms with E-state index in [2.05, 4.69) is 5.32 Å². The van der Waals surface area contributed by atoms with E-state index in [-0.39, 0.29) is 24.1 Å². The third-order valence-corrected chi connectivity index (χ3v) is 5.28. The van der Waals surface area contributed by atoms with Gasteiger partial charge in [-0.2, -0.15) is 0 Å². The maximum absolute atomic E-state index is 11.4. The zero-order chi connectivity index (χ0) is 17.3. The van der Waals surface area contributed by atoms with Crippen LogP contribution in [0.5, 0.6) is 5.75 Å². The van der Waals surface area contributed by atoms with Gasteiger partial charge in [0.15, 0.2) is 0 Å². The molecule has 3 N–H and O–H groups in total. The first kappa shape index (κ1) is 19.5. The van der Waals surface area contributed by atoms with Crippen molar-refractivity contribution in [2.45, 2.75) is 44.8 Å². The second kappa shape index (κ2) is 8.06. The molecule has 2 fully saturated rings. The highest BCUT2D eigenvalue weighted by Crippen LogP contribution is 2.38. The molecule has 7 heteroatoms. The lowest BCUT2D eigenvalue weighted by Crippen LogP contribution is -2.50. The van der Waals surface area contributed by atoms with E-state index in [9.17, 15) is 19.8 Å². The van der Waals surface area contributed by atoms with Gasteiger partial charge in [-0.1, -0.05) is 12.1 Å². The third kappa shape index (κ3) is 4.25. The Kier molecular flexibility index (Phi) is 6.30. The number of aromatic carboxylic acids is 1. The topological polar surface area (TPSA) is 95.9 Å². The number of fused-ring (bicyclic) bond motifs is 1. The molecule has 1 aromatic carbocycles. The number of piperidine rings is 1. The first-order valence-corrected chi connectivity index (χ1v) is 8.41. The number of rotatable bonds is 4. The highest BCUT2D eigenvalue weighted by atomic mass is 35.5. The number of aliphatic carboxylic acids is 1. The van der Waals surface area contributed by atoms with Crippen LogP contribution in [0.1, 0.15) is 41.6 Å². The predicted molar refractivity (Wildman–Crippen MR) is 94.7 cm³/mol. The van der Waals surface area contributed by atoms with Crippen molar-refractivity contribution in [2.75, 3.05) is 6.54 Å². The first-order chi connectivity index (χ1) is 11.5. The second-order valence-corrected chi connectivity index (χ2v) is 6.86.